The third-order valence-corrected chi connectivity index (χ3v) is 6.25. The van der Waals surface area contributed by atoms with Crippen LogP contribution in [0.4, 0.5) is 0 Å². The van der Waals surface area contributed by atoms with Crippen LogP contribution in [0.1, 0.15) is 64.1 Å². The minimum atomic E-state index is -3.07. The van der Waals surface area contributed by atoms with Crippen LogP contribution in [0.5, 0.6) is 0 Å². The summed E-state index contributed by atoms with van der Waals surface area (Å²) in [6, 6.07) is 0.278. The summed E-state index contributed by atoms with van der Waals surface area (Å²) >= 11 is 0. The van der Waals surface area contributed by atoms with Gasteiger partial charge in [0, 0.05) is 19.3 Å². The van der Waals surface area contributed by atoms with Gasteiger partial charge in [-0.1, -0.05) is 31.9 Å². The Morgan fingerprint density at radius 2 is 1.86 bits per heavy atom. The SMILES string of the molecule is CCCCc1cn(C2CCN(S(=O)(=O)CCCC)CC2)nn1. The smallest absolute Gasteiger partial charge is 0.214 e. The van der Waals surface area contributed by atoms with Gasteiger partial charge in [-0.15, -0.1) is 5.10 Å². The summed E-state index contributed by atoms with van der Waals surface area (Å²) in [7, 11) is -3.07. The molecule has 0 spiro atoms. The molecule has 0 saturated carbocycles. The first-order valence-corrected chi connectivity index (χ1v) is 10.1. The molecule has 1 saturated heterocycles. The lowest BCUT2D eigenvalue weighted by molar-refractivity contribution is 0.258. The van der Waals surface area contributed by atoms with Crippen LogP contribution in [0.25, 0.3) is 0 Å². The van der Waals surface area contributed by atoms with E-state index in [0.29, 0.717) is 13.1 Å². The Hall–Kier alpha value is -0.950. The summed E-state index contributed by atoms with van der Waals surface area (Å²) in [5.74, 6) is 0.276. The molecule has 0 aliphatic carbocycles. The van der Waals surface area contributed by atoms with E-state index in [2.05, 4.69) is 17.2 Å². The first-order valence-electron chi connectivity index (χ1n) is 8.45. The van der Waals surface area contributed by atoms with E-state index in [4.69, 9.17) is 0 Å². The molecule has 1 fully saturated rings. The quantitative estimate of drug-likeness (QED) is 0.735. The predicted octanol–water partition coefficient (Wildman–Crippen LogP) is 2.39. The molecule has 0 atom stereocenters. The fourth-order valence-electron chi connectivity index (χ4n) is 2.81. The Kier molecular flexibility index (Phi) is 6.37. The number of nitrogens with zero attached hydrogens (tertiary/aromatic N) is 4. The van der Waals surface area contributed by atoms with Crippen LogP contribution >= 0.6 is 0 Å². The van der Waals surface area contributed by atoms with Gasteiger partial charge < -0.3 is 0 Å². The van der Waals surface area contributed by atoms with Gasteiger partial charge >= 0.3 is 0 Å². The van der Waals surface area contributed by atoms with E-state index in [9.17, 15) is 8.42 Å². The maximum absolute atomic E-state index is 12.2. The van der Waals surface area contributed by atoms with Crippen LogP contribution in [0.3, 0.4) is 0 Å². The highest BCUT2D eigenvalue weighted by atomic mass is 32.2. The second kappa shape index (κ2) is 8.06. The number of piperidine rings is 1. The van der Waals surface area contributed by atoms with Crippen LogP contribution in [0.15, 0.2) is 6.20 Å². The monoisotopic (exact) mass is 328 g/mol. The molecular weight excluding hydrogens is 300 g/mol. The van der Waals surface area contributed by atoms with Crippen molar-refractivity contribution >= 4 is 10.0 Å². The third-order valence-electron chi connectivity index (χ3n) is 4.29. The highest BCUT2D eigenvalue weighted by Crippen LogP contribution is 2.24. The zero-order valence-corrected chi connectivity index (χ0v) is 14.6. The second-order valence-corrected chi connectivity index (χ2v) is 8.18. The van der Waals surface area contributed by atoms with Crippen molar-refractivity contribution in [3.05, 3.63) is 11.9 Å². The zero-order chi connectivity index (χ0) is 16.0. The number of unbranched alkanes of at least 4 members (excludes halogenated alkanes) is 2. The van der Waals surface area contributed by atoms with E-state index in [0.717, 1.165) is 50.6 Å². The highest BCUT2D eigenvalue weighted by Gasteiger charge is 2.28. The van der Waals surface area contributed by atoms with Crippen LogP contribution in [0, 0.1) is 0 Å². The van der Waals surface area contributed by atoms with Crippen molar-refractivity contribution in [1.29, 1.82) is 0 Å². The average molecular weight is 328 g/mol. The van der Waals surface area contributed by atoms with Gasteiger partial charge in [-0.05, 0) is 32.1 Å². The summed E-state index contributed by atoms with van der Waals surface area (Å²) in [6.45, 7) is 5.38. The lowest BCUT2D eigenvalue weighted by Gasteiger charge is -2.31. The van der Waals surface area contributed by atoms with Crippen molar-refractivity contribution in [3.63, 3.8) is 0 Å². The van der Waals surface area contributed by atoms with E-state index in [-0.39, 0.29) is 11.8 Å². The molecule has 1 aromatic heterocycles. The predicted molar refractivity (Wildman–Crippen MR) is 87.2 cm³/mol. The Labute approximate surface area is 133 Å². The normalized spacial score (nSPS) is 17.9. The van der Waals surface area contributed by atoms with E-state index >= 15 is 0 Å². The molecule has 1 aliphatic heterocycles. The van der Waals surface area contributed by atoms with Crippen LogP contribution in [-0.2, 0) is 16.4 Å². The molecule has 0 N–H and O–H groups in total. The maximum atomic E-state index is 12.2. The van der Waals surface area contributed by atoms with Crippen LogP contribution in [0.2, 0.25) is 0 Å². The van der Waals surface area contributed by atoms with Gasteiger partial charge in [0.15, 0.2) is 0 Å². The molecule has 22 heavy (non-hydrogen) atoms. The number of hydrogen-bond acceptors (Lipinski definition) is 4. The largest absolute Gasteiger partial charge is 0.249 e. The molecule has 1 aromatic rings. The summed E-state index contributed by atoms with van der Waals surface area (Å²) in [5, 5.41) is 8.45. The van der Waals surface area contributed by atoms with Crippen molar-refractivity contribution in [2.24, 2.45) is 0 Å². The number of aryl methyl sites for hydroxylation is 1. The van der Waals surface area contributed by atoms with Gasteiger partial charge in [0.25, 0.3) is 0 Å². The van der Waals surface area contributed by atoms with Gasteiger partial charge in [-0.2, -0.15) is 0 Å². The lowest BCUT2D eigenvalue weighted by Crippen LogP contribution is -2.40. The van der Waals surface area contributed by atoms with E-state index in [1.807, 2.05) is 17.8 Å². The summed E-state index contributed by atoms with van der Waals surface area (Å²) < 4.78 is 28.0. The lowest BCUT2D eigenvalue weighted by atomic mass is 10.1. The van der Waals surface area contributed by atoms with Crippen molar-refractivity contribution < 1.29 is 8.42 Å². The minimum Gasteiger partial charge on any atom is -0.249 e. The first kappa shape index (κ1) is 17.4. The molecule has 6 nitrogen and oxygen atoms in total. The Morgan fingerprint density at radius 1 is 1.18 bits per heavy atom. The Bertz CT molecular complexity index is 548. The van der Waals surface area contributed by atoms with Gasteiger partial charge in [0.05, 0.1) is 17.5 Å². The number of aromatic nitrogens is 3. The topological polar surface area (TPSA) is 68.1 Å². The number of sulfonamides is 1. The first-order chi connectivity index (χ1) is 10.6. The standard InChI is InChI=1S/C15H28N4O2S/c1-3-5-7-14-13-19(17-16-14)15-8-10-18(11-9-15)22(20,21)12-6-4-2/h13,15H,3-12H2,1-2H3. The number of hydrogen-bond donors (Lipinski definition) is 0. The molecular formula is C15H28N4O2S. The molecule has 1 aliphatic rings. The second-order valence-electron chi connectivity index (χ2n) is 6.09. The molecule has 0 radical (unpaired) electrons. The Balaban J connectivity index is 1.87. The zero-order valence-electron chi connectivity index (χ0n) is 13.7. The van der Waals surface area contributed by atoms with Gasteiger partial charge in [-0.25, -0.2) is 17.4 Å². The van der Waals surface area contributed by atoms with Gasteiger partial charge in [-0.3, -0.25) is 0 Å². The van der Waals surface area contributed by atoms with Crippen LogP contribution in [-0.4, -0.2) is 46.6 Å². The van der Waals surface area contributed by atoms with Crippen molar-refractivity contribution in [3.8, 4) is 0 Å². The Morgan fingerprint density at radius 3 is 2.50 bits per heavy atom. The highest BCUT2D eigenvalue weighted by molar-refractivity contribution is 7.89. The minimum absolute atomic E-state index is 0.276. The molecule has 0 unspecified atom stereocenters. The average Bonchev–Trinajstić information content (AvgIpc) is 3.00. The van der Waals surface area contributed by atoms with Gasteiger partial charge in [0.2, 0.25) is 10.0 Å². The molecule has 0 bridgehead atoms. The summed E-state index contributed by atoms with van der Waals surface area (Å²) in [6.07, 6.45) is 8.58. The summed E-state index contributed by atoms with van der Waals surface area (Å²) in [5.41, 5.74) is 1.04. The number of rotatable bonds is 8. The van der Waals surface area contributed by atoms with Crippen molar-refractivity contribution in [2.75, 3.05) is 18.8 Å². The molecule has 7 heteroatoms. The van der Waals surface area contributed by atoms with Crippen molar-refractivity contribution in [2.45, 2.75) is 64.8 Å². The van der Waals surface area contributed by atoms with Crippen LogP contribution < -0.4 is 0 Å². The van der Waals surface area contributed by atoms with E-state index < -0.39 is 10.0 Å². The third kappa shape index (κ3) is 4.52. The van der Waals surface area contributed by atoms with E-state index in [1.54, 1.807) is 4.31 Å². The van der Waals surface area contributed by atoms with Crippen molar-refractivity contribution in [1.82, 2.24) is 19.3 Å². The molecule has 0 amide bonds. The molecule has 2 rings (SSSR count). The van der Waals surface area contributed by atoms with Gasteiger partial charge in [0.1, 0.15) is 0 Å². The fourth-order valence-corrected chi connectivity index (χ4v) is 4.48. The molecule has 2 heterocycles. The molecule has 0 aromatic carbocycles. The maximum Gasteiger partial charge on any atom is 0.214 e. The van der Waals surface area contributed by atoms with E-state index in [1.165, 1.54) is 0 Å². The fraction of sp³-hybridized carbons (Fsp3) is 0.867. The summed E-state index contributed by atoms with van der Waals surface area (Å²) in [4.78, 5) is 0. The molecule has 126 valence electrons.